The number of rotatable bonds is 5. The third-order valence-electron chi connectivity index (χ3n) is 4.55. The van der Waals surface area contributed by atoms with Crippen LogP contribution in [0.15, 0.2) is 30.3 Å². The van der Waals surface area contributed by atoms with E-state index >= 15 is 0 Å². The van der Waals surface area contributed by atoms with Gasteiger partial charge in [0.05, 0.1) is 6.61 Å². The van der Waals surface area contributed by atoms with E-state index in [-0.39, 0.29) is 6.09 Å². The Bertz CT molecular complexity index is 770. The molecule has 0 spiro atoms. The second-order valence-electron chi connectivity index (χ2n) is 6.67. The Kier molecular flexibility index (Phi) is 6.11. The van der Waals surface area contributed by atoms with E-state index in [1.165, 1.54) is 11.1 Å². The molecule has 7 nitrogen and oxygen atoms in total. The molecule has 0 unspecified atom stereocenters. The van der Waals surface area contributed by atoms with E-state index in [0.29, 0.717) is 26.2 Å². The van der Waals surface area contributed by atoms with Crippen molar-refractivity contribution in [2.24, 2.45) is 0 Å². The quantitative estimate of drug-likeness (QED) is 0.874. The van der Waals surface area contributed by atoms with Gasteiger partial charge in [-0.3, -0.25) is 0 Å². The number of carbonyl (C=O) groups excluding carboxylic acids is 1. The number of amides is 1. The maximum atomic E-state index is 11.8. The zero-order chi connectivity index (χ0) is 19.2. The summed E-state index contributed by atoms with van der Waals surface area (Å²) in [6.45, 7) is 9.64. The van der Waals surface area contributed by atoms with Crippen molar-refractivity contribution < 1.29 is 9.53 Å². The molecule has 1 aliphatic rings. The summed E-state index contributed by atoms with van der Waals surface area (Å²) < 4.78 is 5.07. The molecule has 144 valence electrons. The first-order valence-electron chi connectivity index (χ1n) is 9.37. The molecule has 1 amide bonds. The maximum absolute atomic E-state index is 11.8. The van der Waals surface area contributed by atoms with E-state index in [1.54, 1.807) is 4.90 Å². The first kappa shape index (κ1) is 18.9. The van der Waals surface area contributed by atoms with Gasteiger partial charge < -0.3 is 19.9 Å². The lowest BCUT2D eigenvalue weighted by molar-refractivity contribution is 0.105. The summed E-state index contributed by atoms with van der Waals surface area (Å²) in [6, 6.07) is 10.4. The summed E-state index contributed by atoms with van der Waals surface area (Å²) in [5.74, 6) is 2.43. The highest BCUT2D eigenvalue weighted by Crippen LogP contribution is 2.19. The first-order chi connectivity index (χ1) is 13.0. The van der Waals surface area contributed by atoms with E-state index in [2.05, 4.69) is 51.4 Å². The van der Waals surface area contributed by atoms with Crippen molar-refractivity contribution in [2.75, 3.05) is 43.0 Å². The molecule has 1 saturated heterocycles. The van der Waals surface area contributed by atoms with Crippen molar-refractivity contribution in [2.45, 2.75) is 27.3 Å². The van der Waals surface area contributed by atoms with Crippen molar-refractivity contribution >= 4 is 17.7 Å². The molecule has 0 bridgehead atoms. The monoisotopic (exact) mass is 369 g/mol. The van der Waals surface area contributed by atoms with Gasteiger partial charge in [0, 0.05) is 38.8 Å². The fraction of sp³-hybridized carbons (Fsp3) is 0.450. The predicted octanol–water partition coefficient (Wildman–Crippen LogP) is 2.98. The minimum Gasteiger partial charge on any atom is -0.450 e. The highest BCUT2D eigenvalue weighted by molar-refractivity contribution is 5.68. The van der Waals surface area contributed by atoms with Crippen molar-refractivity contribution in [1.82, 2.24) is 14.9 Å². The minimum atomic E-state index is -0.239. The molecule has 1 aromatic carbocycles. The Morgan fingerprint density at radius 2 is 1.81 bits per heavy atom. The minimum absolute atomic E-state index is 0.239. The summed E-state index contributed by atoms with van der Waals surface area (Å²) in [4.78, 5) is 24.8. The molecule has 1 aromatic heterocycles. The Morgan fingerprint density at radius 1 is 1.11 bits per heavy atom. The van der Waals surface area contributed by atoms with Crippen LogP contribution >= 0.6 is 0 Å². The van der Waals surface area contributed by atoms with Crippen LogP contribution < -0.4 is 10.2 Å². The van der Waals surface area contributed by atoms with E-state index in [4.69, 9.17) is 4.74 Å². The van der Waals surface area contributed by atoms with Gasteiger partial charge in [0.2, 0.25) is 0 Å². The molecular weight excluding hydrogens is 342 g/mol. The standard InChI is InChI=1S/C20H27N5O2/c1-4-27-20(26)25-11-9-24(10-12-25)19-13-18(22-16(3)23-19)21-14-17-7-5-15(2)6-8-17/h5-8,13H,4,9-12,14H2,1-3H3,(H,21,22,23). The fourth-order valence-corrected chi connectivity index (χ4v) is 3.04. The van der Waals surface area contributed by atoms with Crippen LogP contribution in [0.2, 0.25) is 0 Å². The lowest BCUT2D eigenvalue weighted by Gasteiger charge is -2.34. The van der Waals surface area contributed by atoms with Gasteiger partial charge in [-0.25, -0.2) is 14.8 Å². The molecule has 7 heteroatoms. The van der Waals surface area contributed by atoms with E-state index in [9.17, 15) is 4.79 Å². The summed E-state index contributed by atoms with van der Waals surface area (Å²) in [6.07, 6.45) is -0.239. The first-order valence-corrected chi connectivity index (χ1v) is 9.37. The summed E-state index contributed by atoms with van der Waals surface area (Å²) in [5.41, 5.74) is 2.46. The second kappa shape index (κ2) is 8.70. The number of aromatic nitrogens is 2. The van der Waals surface area contributed by atoms with Gasteiger partial charge >= 0.3 is 6.09 Å². The van der Waals surface area contributed by atoms with Crippen molar-refractivity contribution in [3.63, 3.8) is 0 Å². The number of hydrogen-bond donors (Lipinski definition) is 1. The molecule has 0 saturated carbocycles. The molecule has 2 heterocycles. The van der Waals surface area contributed by atoms with Gasteiger partial charge in [0.25, 0.3) is 0 Å². The van der Waals surface area contributed by atoms with E-state index in [0.717, 1.165) is 30.5 Å². The van der Waals surface area contributed by atoms with Gasteiger partial charge in [-0.05, 0) is 26.3 Å². The average Bonchev–Trinajstić information content (AvgIpc) is 2.67. The lowest BCUT2D eigenvalue weighted by atomic mass is 10.1. The van der Waals surface area contributed by atoms with Gasteiger partial charge in [-0.1, -0.05) is 29.8 Å². The SMILES string of the molecule is CCOC(=O)N1CCN(c2cc(NCc3ccc(C)cc3)nc(C)n2)CC1. The smallest absolute Gasteiger partial charge is 0.409 e. The number of benzene rings is 1. The fourth-order valence-electron chi connectivity index (χ4n) is 3.04. The van der Waals surface area contributed by atoms with Crippen LogP contribution in [0.3, 0.4) is 0 Å². The largest absolute Gasteiger partial charge is 0.450 e. The molecule has 0 radical (unpaired) electrons. The number of ether oxygens (including phenoxy) is 1. The van der Waals surface area contributed by atoms with Crippen LogP contribution in [0.25, 0.3) is 0 Å². The number of nitrogens with zero attached hydrogens (tertiary/aromatic N) is 4. The van der Waals surface area contributed by atoms with Crippen LogP contribution in [0.4, 0.5) is 16.4 Å². The molecule has 2 aromatic rings. The van der Waals surface area contributed by atoms with Crippen molar-refractivity contribution in [3.8, 4) is 0 Å². The van der Waals surface area contributed by atoms with Crippen LogP contribution in [0.1, 0.15) is 23.9 Å². The Hall–Kier alpha value is -2.83. The molecule has 0 aliphatic carbocycles. The highest BCUT2D eigenvalue weighted by atomic mass is 16.6. The van der Waals surface area contributed by atoms with E-state index in [1.807, 2.05) is 19.9 Å². The molecule has 1 aliphatic heterocycles. The van der Waals surface area contributed by atoms with Gasteiger partial charge in [-0.2, -0.15) is 0 Å². The number of carbonyl (C=O) groups is 1. The second-order valence-corrected chi connectivity index (χ2v) is 6.67. The third-order valence-corrected chi connectivity index (χ3v) is 4.55. The Labute approximate surface area is 160 Å². The molecule has 0 atom stereocenters. The lowest BCUT2D eigenvalue weighted by Crippen LogP contribution is -2.49. The number of aryl methyl sites for hydroxylation is 2. The van der Waals surface area contributed by atoms with Gasteiger partial charge in [0.15, 0.2) is 0 Å². The highest BCUT2D eigenvalue weighted by Gasteiger charge is 2.23. The summed E-state index contributed by atoms with van der Waals surface area (Å²) in [5, 5.41) is 3.38. The topological polar surface area (TPSA) is 70.6 Å². The molecular formula is C20H27N5O2. The number of nitrogens with one attached hydrogen (secondary N) is 1. The molecule has 27 heavy (non-hydrogen) atoms. The average molecular weight is 369 g/mol. The number of anilines is 2. The van der Waals surface area contributed by atoms with Crippen LogP contribution in [-0.4, -0.2) is 53.7 Å². The zero-order valence-electron chi connectivity index (χ0n) is 16.2. The Balaban J connectivity index is 1.62. The van der Waals surface area contributed by atoms with Crippen LogP contribution in [-0.2, 0) is 11.3 Å². The molecule has 3 rings (SSSR count). The van der Waals surface area contributed by atoms with Crippen molar-refractivity contribution in [1.29, 1.82) is 0 Å². The van der Waals surface area contributed by atoms with Crippen LogP contribution in [0.5, 0.6) is 0 Å². The predicted molar refractivity (Wildman–Crippen MR) is 106 cm³/mol. The molecule has 1 fully saturated rings. The van der Waals surface area contributed by atoms with Crippen LogP contribution in [0, 0.1) is 13.8 Å². The van der Waals surface area contributed by atoms with Gasteiger partial charge in [0.1, 0.15) is 17.5 Å². The summed E-state index contributed by atoms with van der Waals surface area (Å²) in [7, 11) is 0. The number of hydrogen-bond acceptors (Lipinski definition) is 6. The van der Waals surface area contributed by atoms with Gasteiger partial charge in [-0.15, -0.1) is 0 Å². The zero-order valence-corrected chi connectivity index (χ0v) is 16.2. The van der Waals surface area contributed by atoms with E-state index < -0.39 is 0 Å². The Morgan fingerprint density at radius 3 is 2.48 bits per heavy atom. The maximum Gasteiger partial charge on any atom is 0.409 e. The summed E-state index contributed by atoms with van der Waals surface area (Å²) >= 11 is 0. The number of piperazine rings is 1. The molecule has 1 N–H and O–H groups in total. The normalized spacial score (nSPS) is 14.2. The third kappa shape index (κ3) is 5.09. The van der Waals surface area contributed by atoms with Crippen molar-refractivity contribution in [3.05, 3.63) is 47.3 Å².